The van der Waals surface area contributed by atoms with E-state index < -0.39 is 0 Å². The Kier molecular flexibility index (Phi) is 3.38. The highest BCUT2D eigenvalue weighted by molar-refractivity contribution is 6.42. The van der Waals surface area contributed by atoms with Crippen LogP contribution in [0.4, 0.5) is 0 Å². The predicted octanol–water partition coefficient (Wildman–Crippen LogP) is 2.80. The number of pyridine rings is 1. The second kappa shape index (κ2) is 4.64. The van der Waals surface area contributed by atoms with Crippen LogP contribution < -0.4 is 5.56 Å². The van der Waals surface area contributed by atoms with Gasteiger partial charge in [-0.05, 0) is 17.7 Å². The van der Waals surface area contributed by atoms with Gasteiger partial charge in [0.2, 0.25) is 5.28 Å². The van der Waals surface area contributed by atoms with Gasteiger partial charge in [-0.15, -0.1) is 0 Å². The Hall–Kier alpha value is -1.10. The molecule has 0 saturated carbocycles. The molecule has 0 N–H and O–H groups in total. The van der Waals surface area contributed by atoms with Crippen LogP contribution >= 0.6 is 34.8 Å². The number of aromatic nitrogens is 3. The van der Waals surface area contributed by atoms with Gasteiger partial charge in [-0.2, -0.15) is 0 Å². The monoisotopic (exact) mass is 289 g/mol. The molecule has 0 aromatic carbocycles. The number of rotatable bonds is 1. The number of hydrogen-bond acceptors (Lipinski definition) is 3. The lowest BCUT2D eigenvalue weighted by atomic mass is 10.2. The van der Waals surface area contributed by atoms with Crippen LogP contribution in [0.1, 0.15) is 0 Å². The highest BCUT2D eigenvalue weighted by Crippen LogP contribution is 2.30. The molecular weight excluding hydrogens is 284 g/mol. The first kappa shape index (κ1) is 12.4. The summed E-state index contributed by atoms with van der Waals surface area (Å²) in [4.78, 5) is 19.5. The molecule has 0 saturated heterocycles. The molecule has 2 aromatic heterocycles. The molecule has 0 aliphatic carbocycles. The van der Waals surface area contributed by atoms with Crippen molar-refractivity contribution in [2.24, 2.45) is 7.05 Å². The summed E-state index contributed by atoms with van der Waals surface area (Å²) >= 11 is 17.6. The molecule has 4 nitrogen and oxygen atoms in total. The lowest BCUT2D eigenvalue weighted by molar-refractivity contribution is 0.828. The van der Waals surface area contributed by atoms with Crippen LogP contribution in [0.3, 0.4) is 0 Å². The second-order valence-electron chi connectivity index (χ2n) is 3.27. The predicted molar refractivity (Wildman–Crippen MR) is 67.7 cm³/mol. The lowest BCUT2D eigenvalue weighted by Crippen LogP contribution is -2.17. The third-order valence-electron chi connectivity index (χ3n) is 2.20. The summed E-state index contributed by atoms with van der Waals surface area (Å²) < 4.78 is 1.22. The summed E-state index contributed by atoms with van der Waals surface area (Å²) in [6.45, 7) is 0. The van der Waals surface area contributed by atoms with Crippen LogP contribution in [0.15, 0.2) is 23.1 Å². The first-order chi connectivity index (χ1) is 8.00. The van der Waals surface area contributed by atoms with Crippen molar-refractivity contribution in [2.45, 2.75) is 0 Å². The Balaban J connectivity index is 2.70. The molecule has 2 rings (SSSR count). The van der Waals surface area contributed by atoms with E-state index in [4.69, 9.17) is 34.8 Å². The highest BCUT2D eigenvalue weighted by Gasteiger charge is 2.11. The van der Waals surface area contributed by atoms with Crippen molar-refractivity contribution in [1.82, 2.24) is 14.5 Å². The quantitative estimate of drug-likeness (QED) is 0.599. The normalized spacial score (nSPS) is 10.6. The maximum Gasteiger partial charge on any atom is 0.254 e. The molecule has 0 bridgehead atoms. The lowest BCUT2D eigenvalue weighted by Gasteiger charge is -2.06. The minimum absolute atomic E-state index is 0.0801. The summed E-state index contributed by atoms with van der Waals surface area (Å²) in [5.74, 6) is 0. The molecule has 17 heavy (non-hydrogen) atoms. The molecular formula is C10H6Cl3N3O. The fourth-order valence-electron chi connectivity index (χ4n) is 1.27. The zero-order valence-corrected chi connectivity index (χ0v) is 10.9. The van der Waals surface area contributed by atoms with E-state index in [-0.39, 0.29) is 21.0 Å². The molecule has 2 aromatic rings. The van der Waals surface area contributed by atoms with E-state index in [0.717, 1.165) is 0 Å². The van der Waals surface area contributed by atoms with E-state index in [9.17, 15) is 4.79 Å². The van der Waals surface area contributed by atoms with Crippen molar-refractivity contribution in [2.75, 3.05) is 0 Å². The van der Waals surface area contributed by atoms with Crippen molar-refractivity contribution in [3.63, 3.8) is 0 Å². The molecule has 0 spiro atoms. The van der Waals surface area contributed by atoms with Crippen molar-refractivity contribution in [3.8, 4) is 11.3 Å². The zero-order valence-electron chi connectivity index (χ0n) is 8.62. The molecule has 0 aliphatic heterocycles. The van der Waals surface area contributed by atoms with Gasteiger partial charge < -0.3 is 0 Å². The van der Waals surface area contributed by atoms with Crippen molar-refractivity contribution in [1.29, 1.82) is 0 Å². The average Bonchev–Trinajstić information content (AvgIpc) is 2.29. The fourth-order valence-corrected chi connectivity index (χ4v) is 1.81. The molecule has 2 heterocycles. The molecule has 0 aliphatic rings. The highest BCUT2D eigenvalue weighted by atomic mass is 35.5. The van der Waals surface area contributed by atoms with Crippen LogP contribution in [0, 0.1) is 0 Å². The molecule has 88 valence electrons. The number of nitrogens with zero attached hydrogens (tertiary/aromatic N) is 3. The summed E-state index contributed by atoms with van der Waals surface area (Å²) in [6, 6.07) is 2.95. The maximum atomic E-state index is 11.6. The van der Waals surface area contributed by atoms with E-state index >= 15 is 0 Å². The van der Waals surface area contributed by atoms with Crippen LogP contribution in [-0.2, 0) is 7.05 Å². The van der Waals surface area contributed by atoms with Gasteiger partial charge in [0.15, 0.2) is 0 Å². The first-order valence-electron chi connectivity index (χ1n) is 4.54. The third kappa shape index (κ3) is 2.29. The van der Waals surface area contributed by atoms with Gasteiger partial charge in [-0.3, -0.25) is 9.36 Å². The minimum atomic E-state index is -0.274. The van der Waals surface area contributed by atoms with Crippen molar-refractivity contribution >= 4 is 34.8 Å². The third-order valence-corrected chi connectivity index (χ3v) is 3.31. The largest absolute Gasteiger partial charge is 0.286 e. The molecule has 0 amide bonds. The van der Waals surface area contributed by atoms with E-state index in [1.54, 1.807) is 6.07 Å². The summed E-state index contributed by atoms with van der Waals surface area (Å²) in [6.07, 6.45) is 1.48. The Bertz CT molecular complexity index is 639. The van der Waals surface area contributed by atoms with E-state index in [2.05, 4.69) is 9.97 Å². The van der Waals surface area contributed by atoms with Gasteiger partial charge >= 0.3 is 0 Å². The number of halogens is 3. The molecule has 7 heteroatoms. The van der Waals surface area contributed by atoms with Gasteiger partial charge in [0.1, 0.15) is 5.15 Å². The number of hydrogen-bond donors (Lipinski definition) is 0. The zero-order chi connectivity index (χ0) is 12.6. The fraction of sp³-hybridized carbons (Fsp3) is 0.100. The van der Waals surface area contributed by atoms with Gasteiger partial charge in [-0.1, -0.05) is 23.2 Å². The Labute approximate surface area is 112 Å². The van der Waals surface area contributed by atoms with Gasteiger partial charge in [-0.25, -0.2) is 9.97 Å². The summed E-state index contributed by atoms with van der Waals surface area (Å²) in [5, 5.41) is 0.477. The Morgan fingerprint density at radius 1 is 1.29 bits per heavy atom. The SMILES string of the molecule is Cn1c(Cl)nc(-c2ccnc(Cl)c2Cl)cc1=O. The van der Waals surface area contributed by atoms with Crippen molar-refractivity contribution < 1.29 is 0 Å². The van der Waals surface area contributed by atoms with Gasteiger partial charge in [0, 0.05) is 24.9 Å². The standard InChI is InChI=1S/C10H6Cl3N3O/c1-16-7(17)4-6(15-10(16)13)5-2-3-14-9(12)8(5)11/h2-4H,1H3. The van der Waals surface area contributed by atoms with Crippen molar-refractivity contribution in [3.05, 3.63) is 44.1 Å². The smallest absolute Gasteiger partial charge is 0.254 e. The summed E-state index contributed by atoms with van der Waals surface area (Å²) in [5.41, 5.74) is 0.614. The Morgan fingerprint density at radius 2 is 2.00 bits per heavy atom. The van der Waals surface area contributed by atoms with E-state index in [0.29, 0.717) is 11.3 Å². The molecule has 0 radical (unpaired) electrons. The van der Waals surface area contributed by atoms with Gasteiger partial charge in [0.05, 0.1) is 10.7 Å². The minimum Gasteiger partial charge on any atom is -0.286 e. The van der Waals surface area contributed by atoms with Crippen LogP contribution in [0.5, 0.6) is 0 Å². The molecule has 0 unspecified atom stereocenters. The van der Waals surface area contributed by atoms with Crippen LogP contribution in [-0.4, -0.2) is 14.5 Å². The van der Waals surface area contributed by atoms with Crippen LogP contribution in [0.25, 0.3) is 11.3 Å². The molecule has 0 fully saturated rings. The molecule has 0 atom stereocenters. The topological polar surface area (TPSA) is 47.8 Å². The van der Waals surface area contributed by atoms with Crippen LogP contribution in [0.2, 0.25) is 15.5 Å². The van der Waals surface area contributed by atoms with Gasteiger partial charge in [0.25, 0.3) is 5.56 Å². The van der Waals surface area contributed by atoms with E-state index in [1.165, 1.54) is 23.9 Å². The summed E-state index contributed by atoms with van der Waals surface area (Å²) in [7, 11) is 1.53. The first-order valence-corrected chi connectivity index (χ1v) is 5.68. The second-order valence-corrected chi connectivity index (χ2v) is 4.35. The maximum absolute atomic E-state index is 11.6. The Morgan fingerprint density at radius 3 is 2.65 bits per heavy atom. The van der Waals surface area contributed by atoms with E-state index in [1.807, 2.05) is 0 Å². The average molecular weight is 291 g/mol.